The van der Waals surface area contributed by atoms with Gasteiger partial charge in [-0.2, -0.15) is 0 Å². The molecule has 5 heteroatoms. The van der Waals surface area contributed by atoms with Crippen LogP contribution in [0.1, 0.15) is 20.3 Å². The monoisotopic (exact) mass is 248 g/mol. The van der Waals surface area contributed by atoms with Crippen molar-refractivity contribution in [1.82, 2.24) is 5.32 Å². The molecular weight excluding hydrogens is 232 g/mol. The van der Waals surface area contributed by atoms with Crippen LogP contribution in [0, 0.1) is 11.3 Å². The van der Waals surface area contributed by atoms with Crippen molar-refractivity contribution in [2.75, 3.05) is 0 Å². The number of para-hydroxylation sites is 1. The molecule has 0 aliphatic carbocycles. The smallest absolute Gasteiger partial charge is 0.410 e. The lowest BCUT2D eigenvalue weighted by Gasteiger charge is -2.08. The average molecular weight is 248 g/mol. The summed E-state index contributed by atoms with van der Waals surface area (Å²) in [4.78, 5) is 22.8. The number of amides is 2. The fourth-order valence-electron chi connectivity index (χ4n) is 1.16. The number of nitrogens with one attached hydrogen (secondary N) is 2. The topological polar surface area (TPSA) is 79.3 Å². The Morgan fingerprint density at radius 3 is 2.44 bits per heavy atom. The number of benzene rings is 1. The lowest BCUT2D eigenvalue weighted by molar-refractivity contribution is -0.119. The molecule has 2 amide bonds. The summed E-state index contributed by atoms with van der Waals surface area (Å²) in [6, 6.07) is 8.46. The normalized spacial score (nSPS) is 9.94. The molecular formula is C13H16N2O3. The Kier molecular flexibility index (Phi) is 5.05. The van der Waals surface area contributed by atoms with E-state index in [4.69, 9.17) is 10.1 Å². The Balaban J connectivity index is 2.41. The Morgan fingerprint density at radius 2 is 1.89 bits per heavy atom. The van der Waals surface area contributed by atoms with E-state index < -0.39 is 12.0 Å². The minimum atomic E-state index is -0.831. The molecule has 18 heavy (non-hydrogen) atoms. The molecule has 0 radical (unpaired) electrons. The molecule has 0 saturated carbocycles. The van der Waals surface area contributed by atoms with E-state index >= 15 is 0 Å². The number of carbonyl (C=O) groups is 2. The van der Waals surface area contributed by atoms with E-state index in [9.17, 15) is 9.59 Å². The van der Waals surface area contributed by atoms with Crippen molar-refractivity contribution in [3.05, 3.63) is 30.3 Å². The number of carbonyl (C=O) groups excluding carboxylic acids is 2. The van der Waals surface area contributed by atoms with E-state index in [1.54, 1.807) is 30.3 Å². The third-order valence-electron chi connectivity index (χ3n) is 2.24. The largest absolute Gasteiger partial charge is 0.419 e. The molecule has 1 rings (SSSR count). The fourth-order valence-corrected chi connectivity index (χ4v) is 1.16. The maximum Gasteiger partial charge on any atom is 0.419 e. The van der Waals surface area contributed by atoms with Gasteiger partial charge >= 0.3 is 6.09 Å². The van der Waals surface area contributed by atoms with Gasteiger partial charge in [-0.15, -0.1) is 0 Å². The Labute approximate surface area is 106 Å². The van der Waals surface area contributed by atoms with E-state index in [0.29, 0.717) is 5.75 Å². The van der Waals surface area contributed by atoms with Crippen molar-refractivity contribution < 1.29 is 14.3 Å². The fraction of sp³-hybridized carbons (Fsp3) is 0.308. The van der Waals surface area contributed by atoms with E-state index in [0.717, 1.165) is 0 Å². The summed E-state index contributed by atoms with van der Waals surface area (Å²) in [5.74, 6) is -0.183. The van der Waals surface area contributed by atoms with Crippen LogP contribution in [0.4, 0.5) is 4.79 Å². The molecule has 0 atom stereocenters. The number of imide groups is 1. The van der Waals surface area contributed by atoms with Gasteiger partial charge in [0, 0.05) is 5.71 Å². The summed E-state index contributed by atoms with van der Waals surface area (Å²) < 4.78 is 4.89. The highest BCUT2D eigenvalue weighted by Gasteiger charge is 2.13. The van der Waals surface area contributed by atoms with Crippen molar-refractivity contribution in [2.24, 2.45) is 5.92 Å². The van der Waals surface area contributed by atoms with Gasteiger partial charge in [-0.3, -0.25) is 10.1 Å². The molecule has 0 heterocycles. The van der Waals surface area contributed by atoms with Crippen LogP contribution in [0.15, 0.2) is 30.3 Å². The molecule has 0 aliphatic rings. The highest BCUT2D eigenvalue weighted by molar-refractivity contribution is 6.05. The van der Waals surface area contributed by atoms with Crippen LogP contribution in [0.25, 0.3) is 0 Å². The number of hydrogen-bond donors (Lipinski definition) is 2. The summed E-state index contributed by atoms with van der Waals surface area (Å²) in [5.41, 5.74) is 0.278. The molecule has 0 spiro atoms. The summed E-state index contributed by atoms with van der Waals surface area (Å²) in [7, 11) is 0. The SMILES string of the molecule is CC(C)C(=N)CC(=O)NC(=O)Oc1ccccc1. The van der Waals surface area contributed by atoms with Gasteiger partial charge in [-0.05, 0) is 18.1 Å². The van der Waals surface area contributed by atoms with Crippen molar-refractivity contribution >= 4 is 17.7 Å². The van der Waals surface area contributed by atoms with Gasteiger partial charge in [-0.1, -0.05) is 32.0 Å². The van der Waals surface area contributed by atoms with Gasteiger partial charge in [0.25, 0.3) is 0 Å². The third kappa shape index (κ3) is 4.78. The van der Waals surface area contributed by atoms with Crippen LogP contribution in [0.2, 0.25) is 0 Å². The predicted molar refractivity (Wildman–Crippen MR) is 67.8 cm³/mol. The minimum Gasteiger partial charge on any atom is -0.410 e. The molecule has 96 valence electrons. The maximum absolute atomic E-state index is 11.4. The Morgan fingerprint density at radius 1 is 1.28 bits per heavy atom. The molecule has 1 aromatic carbocycles. The van der Waals surface area contributed by atoms with E-state index in [2.05, 4.69) is 5.32 Å². The van der Waals surface area contributed by atoms with Crippen LogP contribution >= 0.6 is 0 Å². The first-order chi connectivity index (χ1) is 8.49. The van der Waals surface area contributed by atoms with Crippen LogP contribution in [-0.2, 0) is 4.79 Å². The second-order valence-electron chi connectivity index (χ2n) is 4.11. The van der Waals surface area contributed by atoms with Gasteiger partial charge in [-0.25, -0.2) is 4.79 Å². The van der Waals surface area contributed by atoms with Crippen molar-refractivity contribution in [3.8, 4) is 5.75 Å². The molecule has 5 nitrogen and oxygen atoms in total. The molecule has 0 bridgehead atoms. The first-order valence-electron chi connectivity index (χ1n) is 5.63. The second-order valence-corrected chi connectivity index (χ2v) is 4.11. The quantitative estimate of drug-likeness (QED) is 0.803. The van der Waals surface area contributed by atoms with Crippen molar-refractivity contribution in [2.45, 2.75) is 20.3 Å². The molecule has 0 aliphatic heterocycles. The summed E-state index contributed by atoms with van der Waals surface area (Å²) in [6.07, 6.45) is -0.926. The second kappa shape index (κ2) is 6.54. The molecule has 0 saturated heterocycles. The first kappa shape index (κ1) is 13.9. The van der Waals surface area contributed by atoms with Gasteiger partial charge < -0.3 is 10.1 Å². The van der Waals surface area contributed by atoms with Crippen LogP contribution in [0.3, 0.4) is 0 Å². The number of rotatable bonds is 4. The third-order valence-corrected chi connectivity index (χ3v) is 2.24. The van der Waals surface area contributed by atoms with Gasteiger partial charge in [0.1, 0.15) is 5.75 Å². The minimum absolute atomic E-state index is 0.0131. The zero-order valence-electron chi connectivity index (χ0n) is 10.4. The van der Waals surface area contributed by atoms with E-state index in [1.807, 2.05) is 13.8 Å². The highest BCUT2D eigenvalue weighted by Crippen LogP contribution is 2.08. The molecule has 0 fully saturated rings. The van der Waals surface area contributed by atoms with Crippen LogP contribution in [0.5, 0.6) is 5.75 Å². The van der Waals surface area contributed by atoms with Gasteiger partial charge in [0.05, 0.1) is 6.42 Å². The Hall–Kier alpha value is -2.17. The average Bonchev–Trinajstić information content (AvgIpc) is 2.29. The molecule has 0 unspecified atom stereocenters. The summed E-state index contributed by atoms with van der Waals surface area (Å²) in [5, 5.41) is 9.60. The van der Waals surface area contributed by atoms with Crippen molar-refractivity contribution in [3.63, 3.8) is 0 Å². The van der Waals surface area contributed by atoms with E-state index in [1.165, 1.54) is 0 Å². The zero-order valence-corrected chi connectivity index (χ0v) is 10.4. The predicted octanol–water partition coefficient (Wildman–Crippen LogP) is 2.37. The van der Waals surface area contributed by atoms with Crippen LogP contribution in [-0.4, -0.2) is 17.7 Å². The van der Waals surface area contributed by atoms with Gasteiger partial charge in [0.15, 0.2) is 0 Å². The molecule has 1 aromatic rings. The molecule has 0 aromatic heterocycles. The Bertz CT molecular complexity index is 441. The van der Waals surface area contributed by atoms with Crippen LogP contribution < -0.4 is 10.1 Å². The zero-order chi connectivity index (χ0) is 13.5. The summed E-state index contributed by atoms with van der Waals surface area (Å²) >= 11 is 0. The van der Waals surface area contributed by atoms with E-state index in [-0.39, 0.29) is 18.1 Å². The lowest BCUT2D eigenvalue weighted by Crippen LogP contribution is -2.34. The van der Waals surface area contributed by atoms with Crippen molar-refractivity contribution in [1.29, 1.82) is 5.41 Å². The highest BCUT2D eigenvalue weighted by atomic mass is 16.6. The maximum atomic E-state index is 11.4. The summed E-state index contributed by atoms with van der Waals surface area (Å²) in [6.45, 7) is 3.63. The first-order valence-corrected chi connectivity index (χ1v) is 5.63. The number of hydrogen-bond acceptors (Lipinski definition) is 4. The number of ether oxygens (including phenoxy) is 1. The lowest BCUT2D eigenvalue weighted by atomic mass is 10.1. The van der Waals surface area contributed by atoms with Gasteiger partial charge in [0.2, 0.25) is 5.91 Å². The molecule has 2 N–H and O–H groups in total. The standard InChI is InChI=1S/C13H16N2O3/c1-9(2)11(14)8-12(16)15-13(17)18-10-6-4-3-5-7-10/h3-7,9,14H,8H2,1-2H3,(H,15,16,17).